The SMILES string of the molecule is Cc1nc2cc(N3CCO[C@H](/C(C=NC4CC4)=C/N)C3)nc(-c3ccc(C(F)(F)F)nc3)c2nc1C. The first-order chi connectivity index (χ1) is 17.2. The first-order valence-corrected chi connectivity index (χ1v) is 11.7. The Hall–Kier alpha value is -3.60. The smallest absolute Gasteiger partial charge is 0.404 e. The van der Waals surface area contributed by atoms with E-state index in [0.717, 1.165) is 35.9 Å². The average molecular weight is 498 g/mol. The Morgan fingerprint density at radius 1 is 1.17 bits per heavy atom. The van der Waals surface area contributed by atoms with Gasteiger partial charge in [0.15, 0.2) is 0 Å². The first kappa shape index (κ1) is 24.1. The summed E-state index contributed by atoms with van der Waals surface area (Å²) in [6, 6.07) is 4.53. The van der Waals surface area contributed by atoms with Crippen molar-refractivity contribution in [3.05, 3.63) is 53.3 Å². The Morgan fingerprint density at radius 2 is 1.94 bits per heavy atom. The van der Waals surface area contributed by atoms with Crippen molar-refractivity contribution in [2.24, 2.45) is 10.7 Å². The Kier molecular flexibility index (Phi) is 6.33. The summed E-state index contributed by atoms with van der Waals surface area (Å²) in [6.45, 7) is 5.22. The van der Waals surface area contributed by atoms with Gasteiger partial charge >= 0.3 is 6.18 Å². The van der Waals surface area contributed by atoms with Gasteiger partial charge in [-0.15, -0.1) is 0 Å². The predicted octanol–water partition coefficient (Wildman–Crippen LogP) is 4.00. The zero-order valence-electron chi connectivity index (χ0n) is 20.0. The summed E-state index contributed by atoms with van der Waals surface area (Å²) in [7, 11) is 0. The van der Waals surface area contributed by atoms with E-state index in [4.69, 9.17) is 15.5 Å². The molecule has 1 aliphatic carbocycles. The molecule has 0 spiro atoms. The number of rotatable bonds is 5. The monoisotopic (exact) mass is 497 g/mol. The molecule has 2 aliphatic rings. The molecule has 0 unspecified atom stereocenters. The van der Waals surface area contributed by atoms with Gasteiger partial charge < -0.3 is 15.4 Å². The third kappa shape index (κ3) is 5.01. The van der Waals surface area contributed by atoms with E-state index >= 15 is 0 Å². The lowest BCUT2D eigenvalue weighted by molar-refractivity contribution is -0.141. The number of fused-ring (bicyclic) bond motifs is 1. The number of alkyl halides is 3. The third-order valence-electron chi connectivity index (χ3n) is 6.31. The third-order valence-corrected chi connectivity index (χ3v) is 6.31. The molecule has 0 bridgehead atoms. The lowest BCUT2D eigenvalue weighted by atomic mass is 10.1. The van der Waals surface area contributed by atoms with E-state index in [1.165, 1.54) is 18.5 Å². The molecule has 3 aromatic heterocycles. The number of nitrogens with zero attached hydrogens (tertiary/aromatic N) is 6. The van der Waals surface area contributed by atoms with Crippen molar-refractivity contribution in [3.8, 4) is 11.3 Å². The molecule has 2 fully saturated rings. The highest BCUT2D eigenvalue weighted by Crippen LogP contribution is 2.32. The molecule has 1 atom stereocenters. The molecule has 5 rings (SSSR count). The molecule has 2 N–H and O–H groups in total. The van der Waals surface area contributed by atoms with E-state index in [1.54, 1.807) is 6.21 Å². The molecule has 8 nitrogen and oxygen atoms in total. The highest BCUT2D eigenvalue weighted by Gasteiger charge is 2.32. The number of aliphatic imine (C=N–C) groups is 1. The molecule has 188 valence electrons. The van der Waals surface area contributed by atoms with Crippen LogP contribution in [0.15, 0.2) is 41.2 Å². The van der Waals surface area contributed by atoms with Crippen molar-refractivity contribution >= 4 is 23.1 Å². The Labute approximate surface area is 206 Å². The molecule has 0 amide bonds. The summed E-state index contributed by atoms with van der Waals surface area (Å²) in [5.74, 6) is 0.624. The number of hydrogen-bond acceptors (Lipinski definition) is 8. The Balaban J connectivity index is 1.53. The standard InChI is InChI=1S/C25H26F3N7O/c1-14-15(2)33-24-19(32-14)9-22(34-23(24)16-3-6-21(31-11-16)25(26,27)28)35-7-8-36-20(13-35)17(10-29)12-30-18-4-5-18/h3,6,9-12,18,20H,4-5,7-8,13,29H2,1-2H3/b17-10+,30-12?/t20-/m0/s1. The fourth-order valence-corrected chi connectivity index (χ4v) is 3.99. The van der Waals surface area contributed by atoms with Crippen molar-refractivity contribution in [3.63, 3.8) is 0 Å². The number of aromatic nitrogens is 4. The fourth-order valence-electron chi connectivity index (χ4n) is 3.99. The van der Waals surface area contributed by atoms with Crippen molar-refractivity contribution in [2.75, 3.05) is 24.6 Å². The number of nitrogens with two attached hydrogens (primary N) is 1. The van der Waals surface area contributed by atoms with E-state index < -0.39 is 11.9 Å². The van der Waals surface area contributed by atoms with Gasteiger partial charge in [-0.3, -0.25) is 9.98 Å². The summed E-state index contributed by atoms with van der Waals surface area (Å²) in [5.41, 5.74) is 9.15. The van der Waals surface area contributed by atoms with Crippen LogP contribution in [0.3, 0.4) is 0 Å². The van der Waals surface area contributed by atoms with Crippen molar-refractivity contribution in [1.82, 2.24) is 19.9 Å². The van der Waals surface area contributed by atoms with Crippen LogP contribution in [0.25, 0.3) is 22.3 Å². The van der Waals surface area contributed by atoms with Gasteiger partial charge in [0.1, 0.15) is 28.8 Å². The molecule has 1 saturated heterocycles. The normalized spacial score (nSPS) is 19.4. The summed E-state index contributed by atoms with van der Waals surface area (Å²) in [5, 5.41) is 0. The van der Waals surface area contributed by atoms with Crippen LogP contribution in [0.2, 0.25) is 0 Å². The van der Waals surface area contributed by atoms with E-state index in [1.807, 2.05) is 19.9 Å². The zero-order chi connectivity index (χ0) is 25.4. The molecule has 36 heavy (non-hydrogen) atoms. The lowest BCUT2D eigenvalue weighted by Gasteiger charge is -2.34. The highest BCUT2D eigenvalue weighted by molar-refractivity contribution is 5.91. The summed E-state index contributed by atoms with van der Waals surface area (Å²) in [6.07, 6.45) is 1.86. The molecule has 1 saturated carbocycles. The minimum absolute atomic E-state index is 0.286. The van der Waals surface area contributed by atoms with Gasteiger partial charge in [0, 0.05) is 48.9 Å². The second-order valence-corrected chi connectivity index (χ2v) is 9.00. The minimum Gasteiger partial charge on any atom is -0.404 e. The van der Waals surface area contributed by atoms with Gasteiger partial charge in [-0.05, 0) is 38.8 Å². The van der Waals surface area contributed by atoms with E-state index in [-0.39, 0.29) is 6.10 Å². The molecule has 11 heteroatoms. The van der Waals surface area contributed by atoms with Crippen LogP contribution in [0.1, 0.15) is 29.9 Å². The van der Waals surface area contributed by atoms with Crippen molar-refractivity contribution < 1.29 is 17.9 Å². The predicted molar refractivity (Wildman–Crippen MR) is 131 cm³/mol. The average Bonchev–Trinajstić information content (AvgIpc) is 3.69. The number of ether oxygens (including phenoxy) is 1. The van der Waals surface area contributed by atoms with Crippen LogP contribution in [-0.2, 0) is 10.9 Å². The fraction of sp³-hybridized carbons (Fsp3) is 0.400. The van der Waals surface area contributed by atoms with Gasteiger partial charge in [0.05, 0.1) is 29.6 Å². The van der Waals surface area contributed by atoms with E-state index in [2.05, 4.69) is 24.8 Å². The second kappa shape index (κ2) is 9.45. The molecule has 0 radical (unpaired) electrons. The topological polar surface area (TPSA) is 102 Å². The van der Waals surface area contributed by atoms with E-state index in [0.29, 0.717) is 53.8 Å². The van der Waals surface area contributed by atoms with Crippen LogP contribution in [0.4, 0.5) is 19.0 Å². The van der Waals surface area contributed by atoms with Crippen LogP contribution >= 0.6 is 0 Å². The van der Waals surface area contributed by atoms with Crippen LogP contribution in [0, 0.1) is 13.8 Å². The first-order valence-electron chi connectivity index (χ1n) is 11.7. The zero-order valence-corrected chi connectivity index (χ0v) is 20.0. The largest absolute Gasteiger partial charge is 0.433 e. The van der Waals surface area contributed by atoms with Crippen LogP contribution in [-0.4, -0.2) is 58.0 Å². The van der Waals surface area contributed by atoms with Gasteiger partial charge in [0.2, 0.25) is 0 Å². The number of morpholine rings is 1. The second-order valence-electron chi connectivity index (χ2n) is 9.00. The summed E-state index contributed by atoms with van der Waals surface area (Å²) < 4.78 is 45.2. The van der Waals surface area contributed by atoms with Gasteiger partial charge in [-0.25, -0.2) is 15.0 Å². The van der Waals surface area contributed by atoms with Crippen molar-refractivity contribution in [1.29, 1.82) is 0 Å². The van der Waals surface area contributed by atoms with Crippen LogP contribution in [0.5, 0.6) is 0 Å². The van der Waals surface area contributed by atoms with E-state index in [9.17, 15) is 13.2 Å². The number of anilines is 1. The lowest BCUT2D eigenvalue weighted by Crippen LogP contribution is -2.44. The van der Waals surface area contributed by atoms with Gasteiger partial charge in [0.25, 0.3) is 0 Å². The Bertz CT molecular complexity index is 1330. The maximum Gasteiger partial charge on any atom is 0.433 e. The summed E-state index contributed by atoms with van der Waals surface area (Å²) >= 11 is 0. The Morgan fingerprint density at radius 3 is 2.61 bits per heavy atom. The summed E-state index contributed by atoms with van der Waals surface area (Å²) in [4.78, 5) is 24.4. The maximum absolute atomic E-state index is 13.1. The highest BCUT2D eigenvalue weighted by atomic mass is 19.4. The van der Waals surface area contributed by atoms with Crippen LogP contribution < -0.4 is 10.6 Å². The number of aryl methyl sites for hydroxylation is 2. The number of halogens is 3. The number of pyridine rings is 2. The molecule has 4 heterocycles. The molecule has 3 aromatic rings. The molecular weight excluding hydrogens is 471 g/mol. The molecular formula is C25H26F3N7O. The quantitative estimate of drug-likeness (QED) is 0.532. The molecule has 0 aromatic carbocycles. The van der Waals surface area contributed by atoms with Crippen molar-refractivity contribution in [2.45, 2.75) is 45.0 Å². The maximum atomic E-state index is 13.1. The minimum atomic E-state index is -4.52. The number of hydrogen-bond donors (Lipinski definition) is 1. The van der Waals surface area contributed by atoms with Gasteiger partial charge in [-0.1, -0.05) is 0 Å². The van der Waals surface area contributed by atoms with Gasteiger partial charge in [-0.2, -0.15) is 13.2 Å². The molecule has 1 aliphatic heterocycles.